The van der Waals surface area contributed by atoms with E-state index in [1.807, 2.05) is 24.3 Å². The predicted octanol–water partition coefficient (Wildman–Crippen LogP) is 7.24. The zero-order valence-electron chi connectivity index (χ0n) is 22.1. The molecule has 1 saturated carbocycles. The maximum absolute atomic E-state index is 13.0. The number of methoxy groups -OCH3 is 1. The van der Waals surface area contributed by atoms with E-state index < -0.39 is 5.97 Å². The second-order valence-corrected chi connectivity index (χ2v) is 10.9. The number of benzene rings is 3. The average Bonchev–Trinajstić information content (AvgIpc) is 3.16. The van der Waals surface area contributed by atoms with Gasteiger partial charge in [-0.25, -0.2) is 0 Å². The number of fused-ring (bicyclic) bond motifs is 1. The quantitative estimate of drug-likeness (QED) is 0.328. The highest BCUT2D eigenvalue weighted by Crippen LogP contribution is 2.38. The second kappa shape index (κ2) is 11.8. The van der Waals surface area contributed by atoms with Gasteiger partial charge in [-0.3, -0.25) is 9.59 Å². The Morgan fingerprint density at radius 3 is 2.13 bits per heavy atom. The largest absolute Gasteiger partial charge is 0.497 e. The maximum Gasteiger partial charge on any atom is 0.303 e. The lowest BCUT2D eigenvalue weighted by molar-refractivity contribution is -0.138. The van der Waals surface area contributed by atoms with E-state index in [-0.39, 0.29) is 11.8 Å². The van der Waals surface area contributed by atoms with Gasteiger partial charge in [0.05, 0.1) is 7.11 Å². The van der Waals surface area contributed by atoms with Gasteiger partial charge >= 0.3 is 5.97 Å². The summed E-state index contributed by atoms with van der Waals surface area (Å²) in [5, 5.41) is 12.1. The van der Waals surface area contributed by atoms with Gasteiger partial charge in [0.1, 0.15) is 5.75 Å². The van der Waals surface area contributed by atoms with Crippen molar-refractivity contribution in [2.24, 2.45) is 11.8 Å². The van der Waals surface area contributed by atoms with Crippen LogP contribution in [0.3, 0.4) is 0 Å². The molecule has 0 aliphatic heterocycles. The summed E-state index contributed by atoms with van der Waals surface area (Å²) in [6.07, 6.45) is 7.98. The molecule has 5 heteroatoms. The summed E-state index contributed by atoms with van der Waals surface area (Å²) < 4.78 is 5.20. The van der Waals surface area contributed by atoms with E-state index >= 15 is 0 Å². The maximum atomic E-state index is 13.0. The van der Waals surface area contributed by atoms with E-state index in [9.17, 15) is 9.59 Å². The molecule has 2 aliphatic rings. The Labute approximate surface area is 225 Å². The average molecular weight is 512 g/mol. The topological polar surface area (TPSA) is 75.6 Å². The minimum atomic E-state index is -0.675. The fraction of sp³-hybridized carbons (Fsp3) is 0.394. The number of carbonyl (C=O) groups is 2. The van der Waals surface area contributed by atoms with Crippen molar-refractivity contribution in [2.75, 3.05) is 12.4 Å². The number of carboxylic acids is 1. The van der Waals surface area contributed by atoms with Crippen molar-refractivity contribution in [3.63, 3.8) is 0 Å². The molecule has 0 aromatic heterocycles. The zero-order chi connectivity index (χ0) is 26.5. The molecule has 2 N–H and O–H groups in total. The molecule has 1 fully saturated rings. The molecule has 5 nitrogen and oxygen atoms in total. The molecule has 2 aliphatic carbocycles. The normalized spacial score (nSPS) is 21.1. The molecule has 1 unspecified atom stereocenters. The van der Waals surface area contributed by atoms with Crippen molar-refractivity contribution in [3.8, 4) is 16.9 Å². The number of hydrogen-bond donors (Lipinski definition) is 2. The minimum absolute atomic E-state index is 0.00201. The standard InChI is InChI=1S/C33H37NO4/c1-38-31-18-16-30(17-19-31)34-33(37)27-12-10-26-11-14-28(21-29(26)15-13-27)25-8-6-24(7-9-25)23-4-2-22(3-5-23)20-32(35)36/h6-9,11,14,16-19,21-23,27H,2-5,10,12-13,15,20H2,1H3,(H,34,37)(H,35,36). The molecular formula is C33H37NO4. The van der Waals surface area contributed by atoms with Crippen LogP contribution in [0.4, 0.5) is 5.69 Å². The van der Waals surface area contributed by atoms with Gasteiger partial charge in [0.2, 0.25) is 5.91 Å². The number of nitrogens with one attached hydrogen (secondary N) is 1. The Morgan fingerprint density at radius 1 is 0.816 bits per heavy atom. The fourth-order valence-electron chi connectivity index (χ4n) is 6.16. The van der Waals surface area contributed by atoms with Gasteiger partial charge in [0, 0.05) is 18.0 Å². The van der Waals surface area contributed by atoms with Crippen LogP contribution in [-0.4, -0.2) is 24.1 Å². The number of carboxylic acid groups (broad SMARTS) is 1. The van der Waals surface area contributed by atoms with Gasteiger partial charge in [-0.15, -0.1) is 0 Å². The van der Waals surface area contributed by atoms with E-state index in [0.717, 1.165) is 62.8 Å². The number of anilines is 1. The highest BCUT2D eigenvalue weighted by molar-refractivity contribution is 5.92. The van der Waals surface area contributed by atoms with Crippen LogP contribution in [0.25, 0.3) is 11.1 Å². The third-order valence-electron chi connectivity index (χ3n) is 8.48. The fourth-order valence-corrected chi connectivity index (χ4v) is 6.16. The van der Waals surface area contributed by atoms with Crippen molar-refractivity contribution in [1.29, 1.82) is 0 Å². The third kappa shape index (κ3) is 6.27. The Morgan fingerprint density at radius 2 is 1.47 bits per heavy atom. The van der Waals surface area contributed by atoms with E-state index in [1.165, 1.54) is 27.8 Å². The number of hydrogen-bond acceptors (Lipinski definition) is 3. The van der Waals surface area contributed by atoms with E-state index in [2.05, 4.69) is 47.8 Å². The van der Waals surface area contributed by atoms with Gasteiger partial charge in [0.15, 0.2) is 0 Å². The zero-order valence-corrected chi connectivity index (χ0v) is 22.1. The summed E-state index contributed by atoms with van der Waals surface area (Å²) in [6, 6.07) is 23.2. The smallest absolute Gasteiger partial charge is 0.303 e. The first-order valence-corrected chi connectivity index (χ1v) is 13.9. The van der Waals surface area contributed by atoms with Crippen molar-refractivity contribution < 1.29 is 19.4 Å². The monoisotopic (exact) mass is 511 g/mol. The van der Waals surface area contributed by atoms with Crippen LogP contribution in [0.1, 0.15) is 67.6 Å². The number of aryl methyl sites for hydroxylation is 2. The van der Waals surface area contributed by atoms with E-state index in [0.29, 0.717) is 18.3 Å². The molecule has 198 valence electrons. The van der Waals surface area contributed by atoms with Crippen molar-refractivity contribution in [1.82, 2.24) is 0 Å². The highest BCUT2D eigenvalue weighted by Gasteiger charge is 2.25. The van der Waals surface area contributed by atoms with Crippen LogP contribution in [0.5, 0.6) is 5.75 Å². The number of carbonyl (C=O) groups excluding carboxylic acids is 1. The van der Waals surface area contributed by atoms with Gasteiger partial charge in [-0.1, -0.05) is 42.5 Å². The number of rotatable bonds is 7. The molecule has 3 aromatic carbocycles. The van der Waals surface area contributed by atoms with Gasteiger partial charge < -0.3 is 15.2 Å². The third-order valence-corrected chi connectivity index (χ3v) is 8.48. The Bertz CT molecular complexity index is 1260. The molecule has 5 rings (SSSR count). The van der Waals surface area contributed by atoms with Crippen LogP contribution >= 0.6 is 0 Å². The van der Waals surface area contributed by atoms with Crippen molar-refractivity contribution >= 4 is 17.6 Å². The first-order valence-electron chi connectivity index (χ1n) is 13.9. The van der Waals surface area contributed by atoms with Gasteiger partial charge in [-0.05, 0) is 115 Å². The molecular weight excluding hydrogens is 474 g/mol. The molecule has 1 atom stereocenters. The molecule has 0 saturated heterocycles. The highest BCUT2D eigenvalue weighted by atomic mass is 16.5. The summed E-state index contributed by atoms with van der Waals surface area (Å²) in [7, 11) is 1.64. The Balaban J connectivity index is 1.19. The number of ether oxygens (including phenoxy) is 1. The van der Waals surface area contributed by atoms with Crippen LogP contribution in [0.15, 0.2) is 66.7 Å². The number of amides is 1. The van der Waals surface area contributed by atoms with Crippen molar-refractivity contribution in [2.45, 2.75) is 63.7 Å². The molecule has 0 heterocycles. The first kappa shape index (κ1) is 26.0. The Hall–Kier alpha value is -3.60. The number of aliphatic carboxylic acids is 1. The Kier molecular flexibility index (Phi) is 8.11. The predicted molar refractivity (Wildman–Crippen MR) is 151 cm³/mol. The lowest BCUT2D eigenvalue weighted by Crippen LogP contribution is -2.23. The van der Waals surface area contributed by atoms with Crippen LogP contribution in [0.2, 0.25) is 0 Å². The lowest BCUT2D eigenvalue weighted by Gasteiger charge is -2.28. The molecule has 38 heavy (non-hydrogen) atoms. The summed E-state index contributed by atoms with van der Waals surface area (Å²) in [5.74, 6) is 1.05. The van der Waals surface area contributed by atoms with E-state index in [4.69, 9.17) is 9.84 Å². The van der Waals surface area contributed by atoms with Crippen molar-refractivity contribution in [3.05, 3.63) is 83.4 Å². The van der Waals surface area contributed by atoms with Gasteiger partial charge in [-0.2, -0.15) is 0 Å². The summed E-state index contributed by atoms with van der Waals surface area (Å²) in [4.78, 5) is 24.0. The molecule has 1 amide bonds. The molecule has 0 bridgehead atoms. The van der Waals surface area contributed by atoms with E-state index in [1.54, 1.807) is 7.11 Å². The summed E-state index contributed by atoms with van der Waals surface area (Å²) in [5.41, 5.74) is 7.31. The lowest BCUT2D eigenvalue weighted by atomic mass is 9.77. The summed E-state index contributed by atoms with van der Waals surface area (Å²) >= 11 is 0. The van der Waals surface area contributed by atoms with Crippen LogP contribution in [-0.2, 0) is 22.4 Å². The first-order chi connectivity index (χ1) is 18.5. The molecule has 3 aromatic rings. The molecule has 0 spiro atoms. The SMILES string of the molecule is COc1ccc(NC(=O)C2CCc3ccc(-c4ccc(C5CCC(CC(=O)O)CC5)cc4)cc3CC2)cc1. The van der Waals surface area contributed by atoms with Gasteiger partial charge in [0.25, 0.3) is 0 Å². The summed E-state index contributed by atoms with van der Waals surface area (Å²) in [6.45, 7) is 0. The second-order valence-electron chi connectivity index (χ2n) is 10.9. The van der Waals surface area contributed by atoms with Crippen LogP contribution < -0.4 is 10.1 Å². The van der Waals surface area contributed by atoms with Crippen LogP contribution in [0, 0.1) is 11.8 Å². The molecule has 0 radical (unpaired) electrons. The minimum Gasteiger partial charge on any atom is -0.497 e.